The van der Waals surface area contributed by atoms with Gasteiger partial charge in [-0.3, -0.25) is 0 Å². The van der Waals surface area contributed by atoms with Crippen molar-refractivity contribution in [3.63, 3.8) is 0 Å². The van der Waals surface area contributed by atoms with Crippen molar-refractivity contribution in [1.29, 1.82) is 0 Å². The van der Waals surface area contributed by atoms with E-state index in [0.717, 1.165) is 66.1 Å². The van der Waals surface area contributed by atoms with E-state index in [9.17, 15) is 0 Å². The molecular formula is C57H30N2O2. The van der Waals surface area contributed by atoms with Crippen molar-refractivity contribution in [1.82, 2.24) is 4.40 Å². The van der Waals surface area contributed by atoms with Crippen molar-refractivity contribution in [2.45, 2.75) is 0 Å². The van der Waals surface area contributed by atoms with Crippen LogP contribution in [0.5, 0.6) is 0 Å². The zero-order valence-electron chi connectivity index (χ0n) is 32.5. The molecule has 0 bridgehead atoms. The molecule has 4 heteroatoms. The van der Waals surface area contributed by atoms with Gasteiger partial charge in [-0.2, -0.15) is 0 Å². The maximum atomic E-state index is 7.53. The highest BCUT2D eigenvalue weighted by atomic mass is 16.3. The quantitative estimate of drug-likeness (QED) is 0.168. The zero-order valence-corrected chi connectivity index (χ0v) is 32.5. The lowest BCUT2D eigenvalue weighted by Gasteiger charge is -2.08. The maximum absolute atomic E-state index is 7.53. The Hall–Kier alpha value is -8.39. The summed E-state index contributed by atoms with van der Waals surface area (Å²) in [5.74, 6) is 0. The van der Waals surface area contributed by atoms with Crippen molar-refractivity contribution in [2.24, 2.45) is 0 Å². The summed E-state index contributed by atoms with van der Waals surface area (Å²) in [6, 6.07) is 65.4. The minimum Gasteiger partial charge on any atom is -0.456 e. The van der Waals surface area contributed by atoms with Crippen LogP contribution in [0.25, 0.3) is 142 Å². The van der Waals surface area contributed by atoms with Crippen molar-refractivity contribution < 1.29 is 8.83 Å². The summed E-state index contributed by atoms with van der Waals surface area (Å²) < 4.78 is 14.8. The third-order valence-electron chi connectivity index (χ3n) is 13.1. The molecule has 0 aliphatic rings. The SMILES string of the molecule is [C-]#[N+]c1ccc(-c2cc3c4cc5ccc(-c6ccc7oc8ccccc8c7c6)cc5cc4n4c5cc6cc(-c7ccc8oc9ccccc9c8c7)ccc6cc5c(c2)c34)cc1. The second kappa shape index (κ2) is 11.9. The summed E-state index contributed by atoms with van der Waals surface area (Å²) in [6.45, 7) is 7.53. The predicted octanol–water partition coefficient (Wildman–Crippen LogP) is 16.5. The van der Waals surface area contributed by atoms with Crippen molar-refractivity contribution >= 4 is 109 Å². The molecule has 0 spiro atoms. The number of furan rings is 2. The van der Waals surface area contributed by atoms with Crippen LogP contribution in [-0.2, 0) is 0 Å². The topological polar surface area (TPSA) is 35.0 Å². The summed E-state index contributed by atoms with van der Waals surface area (Å²) in [6.07, 6.45) is 0. The van der Waals surface area contributed by atoms with Crippen molar-refractivity contribution in [3.05, 3.63) is 193 Å². The molecule has 0 unspecified atom stereocenters. The number of benzene rings is 10. The van der Waals surface area contributed by atoms with Gasteiger partial charge in [0.2, 0.25) is 0 Å². The summed E-state index contributed by atoms with van der Waals surface area (Å²) >= 11 is 0. The highest BCUT2D eigenvalue weighted by Gasteiger charge is 2.21. The van der Waals surface area contributed by atoms with E-state index >= 15 is 0 Å². The third-order valence-corrected chi connectivity index (χ3v) is 13.1. The Balaban J connectivity index is 1.00. The third kappa shape index (κ3) is 4.63. The highest BCUT2D eigenvalue weighted by molar-refractivity contribution is 6.27. The molecule has 4 aromatic heterocycles. The van der Waals surface area contributed by atoms with E-state index in [-0.39, 0.29) is 0 Å². The normalized spacial score (nSPS) is 12.2. The first-order valence-electron chi connectivity index (χ1n) is 20.6. The molecule has 0 fully saturated rings. The molecule has 0 amide bonds. The number of aromatic nitrogens is 1. The molecule has 14 aromatic rings. The predicted molar refractivity (Wildman–Crippen MR) is 253 cm³/mol. The first-order chi connectivity index (χ1) is 30.1. The number of hydrogen-bond donors (Lipinski definition) is 0. The minimum absolute atomic E-state index is 0.643. The second-order valence-electron chi connectivity index (χ2n) is 16.4. The minimum atomic E-state index is 0.643. The van der Waals surface area contributed by atoms with Crippen molar-refractivity contribution in [3.8, 4) is 33.4 Å². The molecule has 61 heavy (non-hydrogen) atoms. The molecule has 0 N–H and O–H groups in total. The van der Waals surface area contributed by atoms with Gasteiger partial charge in [0.15, 0.2) is 5.69 Å². The molecule has 0 aliphatic carbocycles. The molecule has 0 saturated heterocycles. The van der Waals surface area contributed by atoms with E-state index in [1.54, 1.807) is 0 Å². The lowest BCUT2D eigenvalue weighted by atomic mass is 9.96. The van der Waals surface area contributed by atoms with Gasteiger partial charge in [-0.15, -0.1) is 0 Å². The van der Waals surface area contributed by atoms with Crippen LogP contribution in [0, 0.1) is 6.57 Å². The Morgan fingerprint density at radius 1 is 0.328 bits per heavy atom. The van der Waals surface area contributed by atoms with Gasteiger partial charge in [0, 0.05) is 43.1 Å². The molecule has 280 valence electrons. The highest BCUT2D eigenvalue weighted by Crippen LogP contribution is 2.45. The molecule has 0 radical (unpaired) electrons. The van der Waals surface area contributed by atoms with Crippen LogP contribution in [0.2, 0.25) is 0 Å². The van der Waals surface area contributed by atoms with Crippen LogP contribution in [-0.4, -0.2) is 4.40 Å². The van der Waals surface area contributed by atoms with Gasteiger partial charge in [0.1, 0.15) is 22.3 Å². The van der Waals surface area contributed by atoms with Crippen LogP contribution in [0.15, 0.2) is 191 Å². The molecule has 0 atom stereocenters. The average molecular weight is 775 g/mol. The fourth-order valence-electron chi connectivity index (χ4n) is 10.1. The maximum Gasteiger partial charge on any atom is 0.187 e. The number of nitrogens with zero attached hydrogens (tertiary/aromatic N) is 2. The molecule has 10 aromatic carbocycles. The Kier molecular flexibility index (Phi) is 6.33. The average Bonchev–Trinajstić information content (AvgIpc) is 4.06. The molecule has 4 nitrogen and oxygen atoms in total. The van der Waals surface area contributed by atoms with Gasteiger partial charge >= 0.3 is 0 Å². The van der Waals surface area contributed by atoms with E-state index in [2.05, 4.69) is 155 Å². The van der Waals surface area contributed by atoms with Crippen LogP contribution in [0.3, 0.4) is 0 Å². The number of para-hydroxylation sites is 2. The van der Waals surface area contributed by atoms with Crippen LogP contribution in [0.1, 0.15) is 0 Å². The van der Waals surface area contributed by atoms with Gasteiger partial charge in [0.25, 0.3) is 0 Å². The standard InChI is InChI=1S/C57H30N2O2/c1-58-42-18-14-32(15-19-42)41-28-49-45-24-37-12-10-33(35-16-20-55-47(26-35)43-6-2-4-8-53(43)60-55)22-39(37)30-51(45)59-52-31-40-23-34(11-13-38(40)25-46(52)50(29-41)57(49)59)36-17-21-56-48(27-36)44-7-3-5-9-54(44)61-56/h2-31H. The van der Waals surface area contributed by atoms with Gasteiger partial charge in [-0.05, 0) is 140 Å². The van der Waals surface area contributed by atoms with Gasteiger partial charge < -0.3 is 13.2 Å². The summed E-state index contributed by atoms with van der Waals surface area (Å²) in [5, 5.41) is 14.2. The largest absolute Gasteiger partial charge is 0.456 e. The van der Waals surface area contributed by atoms with Crippen molar-refractivity contribution in [2.75, 3.05) is 0 Å². The Bertz CT molecular complexity index is 3990. The van der Waals surface area contributed by atoms with E-state index in [1.165, 1.54) is 70.8 Å². The van der Waals surface area contributed by atoms with Gasteiger partial charge in [-0.25, -0.2) is 4.85 Å². The smallest absolute Gasteiger partial charge is 0.187 e. The van der Waals surface area contributed by atoms with E-state index < -0.39 is 0 Å². The fourth-order valence-corrected chi connectivity index (χ4v) is 10.1. The Morgan fingerprint density at radius 3 is 1.30 bits per heavy atom. The van der Waals surface area contributed by atoms with Crippen LogP contribution >= 0.6 is 0 Å². The Labute approximate surface area is 347 Å². The Morgan fingerprint density at radius 2 is 0.770 bits per heavy atom. The van der Waals surface area contributed by atoms with Gasteiger partial charge in [-0.1, -0.05) is 97.1 Å². The van der Waals surface area contributed by atoms with E-state index in [0.29, 0.717) is 5.69 Å². The first kappa shape index (κ1) is 32.6. The lowest BCUT2D eigenvalue weighted by molar-refractivity contribution is 0.668. The van der Waals surface area contributed by atoms with Crippen LogP contribution < -0.4 is 0 Å². The molecule has 0 aliphatic heterocycles. The van der Waals surface area contributed by atoms with Gasteiger partial charge in [0.05, 0.1) is 23.1 Å². The number of rotatable bonds is 3. The summed E-state index contributed by atoms with van der Waals surface area (Å²) in [7, 11) is 0. The van der Waals surface area contributed by atoms with E-state index in [1.807, 2.05) is 36.4 Å². The summed E-state index contributed by atoms with van der Waals surface area (Å²) in [4.78, 5) is 3.65. The van der Waals surface area contributed by atoms with E-state index in [4.69, 9.17) is 15.4 Å². The fraction of sp³-hybridized carbons (Fsp3) is 0. The molecule has 14 rings (SSSR count). The monoisotopic (exact) mass is 774 g/mol. The van der Waals surface area contributed by atoms with Crippen LogP contribution in [0.4, 0.5) is 5.69 Å². The number of hydrogen-bond acceptors (Lipinski definition) is 2. The zero-order chi connectivity index (χ0) is 39.9. The first-order valence-corrected chi connectivity index (χ1v) is 20.6. The number of fused-ring (bicyclic) bond motifs is 14. The molecule has 4 heterocycles. The molecule has 0 saturated carbocycles. The molecular weight excluding hydrogens is 745 g/mol. The summed E-state index contributed by atoms with van der Waals surface area (Å²) in [5.41, 5.74) is 14.8. The lowest BCUT2D eigenvalue weighted by Crippen LogP contribution is -1.84. The second-order valence-corrected chi connectivity index (χ2v) is 16.4.